The number of carbonyl (C=O) groups is 1. The minimum absolute atomic E-state index is 0.316. The van der Waals surface area contributed by atoms with Gasteiger partial charge in [0.05, 0.1) is 6.54 Å². The lowest BCUT2D eigenvalue weighted by Gasteiger charge is -2.29. The average Bonchev–Trinajstić information content (AvgIpc) is 2.04. The molecular formula is C8H16N2O2. The molecule has 1 heterocycles. The van der Waals surface area contributed by atoms with E-state index in [-0.39, 0.29) is 5.91 Å². The van der Waals surface area contributed by atoms with Crippen LogP contribution >= 0.6 is 0 Å². The van der Waals surface area contributed by atoms with Crippen LogP contribution in [-0.4, -0.2) is 35.6 Å². The maximum Gasteiger partial charge on any atom is 0.257 e. The molecule has 12 heavy (non-hydrogen) atoms. The van der Waals surface area contributed by atoms with Gasteiger partial charge in [-0.3, -0.25) is 14.9 Å². The molecule has 1 unspecified atom stereocenters. The third kappa shape index (κ3) is 2.79. The number of nitrogens with one attached hydrogen (secondary N) is 1. The van der Waals surface area contributed by atoms with Crippen molar-refractivity contribution >= 4 is 5.91 Å². The van der Waals surface area contributed by atoms with E-state index < -0.39 is 0 Å². The summed E-state index contributed by atoms with van der Waals surface area (Å²) in [5.74, 6) is 0.356. The molecule has 1 aliphatic rings. The zero-order valence-corrected chi connectivity index (χ0v) is 7.42. The second-order valence-electron chi connectivity index (χ2n) is 3.52. The van der Waals surface area contributed by atoms with Gasteiger partial charge in [-0.25, -0.2) is 5.48 Å². The molecule has 2 N–H and O–H groups in total. The molecule has 0 aliphatic carbocycles. The first-order chi connectivity index (χ1) is 5.72. The summed E-state index contributed by atoms with van der Waals surface area (Å²) in [5, 5.41) is 8.31. The Bertz CT molecular complexity index is 161. The van der Waals surface area contributed by atoms with Gasteiger partial charge < -0.3 is 0 Å². The molecule has 0 radical (unpaired) electrons. The molecule has 1 saturated heterocycles. The van der Waals surface area contributed by atoms with Gasteiger partial charge in [-0.2, -0.15) is 0 Å². The standard InChI is InChI=1S/C8H16N2O2/c1-7-3-2-4-10(5-7)6-8(11)9-12/h7,12H,2-6H2,1H3,(H,9,11). The van der Waals surface area contributed by atoms with Crippen LogP contribution < -0.4 is 5.48 Å². The van der Waals surface area contributed by atoms with E-state index in [0.717, 1.165) is 19.5 Å². The van der Waals surface area contributed by atoms with Gasteiger partial charge in [0, 0.05) is 6.54 Å². The topological polar surface area (TPSA) is 52.6 Å². The maximum absolute atomic E-state index is 10.8. The first-order valence-corrected chi connectivity index (χ1v) is 4.37. The zero-order valence-electron chi connectivity index (χ0n) is 7.42. The minimum atomic E-state index is -0.316. The van der Waals surface area contributed by atoms with Gasteiger partial charge in [0.2, 0.25) is 0 Å². The molecule has 70 valence electrons. The molecule has 4 nitrogen and oxygen atoms in total. The number of likely N-dealkylation sites (tertiary alicyclic amines) is 1. The Morgan fingerprint density at radius 2 is 2.50 bits per heavy atom. The van der Waals surface area contributed by atoms with Crippen molar-refractivity contribution in [2.45, 2.75) is 19.8 Å². The number of hydrogen-bond donors (Lipinski definition) is 2. The molecule has 1 fully saturated rings. The van der Waals surface area contributed by atoms with Gasteiger partial charge in [0.25, 0.3) is 5.91 Å². The third-order valence-electron chi connectivity index (χ3n) is 2.23. The van der Waals surface area contributed by atoms with E-state index in [4.69, 9.17) is 5.21 Å². The highest BCUT2D eigenvalue weighted by molar-refractivity contribution is 5.76. The number of amides is 1. The van der Waals surface area contributed by atoms with E-state index in [1.807, 2.05) is 0 Å². The SMILES string of the molecule is CC1CCCN(CC(=O)NO)C1. The number of hydroxylamine groups is 1. The lowest BCUT2D eigenvalue weighted by atomic mass is 10.0. The van der Waals surface area contributed by atoms with Crippen LogP contribution in [0.3, 0.4) is 0 Å². The van der Waals surface area contributed by atoms with E-state index in [0.29, 0.717) is 12.5 Å². The fourth-order valence-corrected chi connectivity index (χ4v) is 1.67. The molecule has 1 amide bonds. The number of hydrogen-bond acceptors (Lipinski definition) is 3. The Morgan fingerprint density at radius 3 is 3.08 bits per heavy atom. The van der Waals surface area contributed by atoms with Crippen LogP contribution in [0.1, 0.15) is 19.8 Å². The van der Waals surface area contributed by atoms with E-state index in [9.17, 15) is 4.79 Å². The first kappa shape index (κ1) is 9.48. The molecule has 1 atom stereocenters. The fourth-order valence-electron chi connectivity index (χ4n) is 1.67. The summed E-state index contributed by atoms with van der Waals surface area (Å²) >= 11 is 0. The van der Waals surface area contributed by atoms with Crippen LogP contribution in [0.25, 0.3) is 0 Å². The van der Waals surface area contributed by atoms with Crippen LogP contribution in [0.15, 0.2) is 0 Å². The maximum atomic E-state index is 10.8. The van der Waals surface area contributed by atoms with Crippen LogP contribution in [0, 0.1) is 5.92 Å². The third-order valence-corrected chi connectivity index (χ3v) is 2.23. The predicted octanol–water partition coefficient (Wildman–Crippen LogP) is 0.224. The van der Waals surface area contributed by atoms with E-state index in [1.54, 1.807) is 5.48 Å². The summed E-state index contributed by atoms with van der Waals surface area (Å²) in [6, 6.07) is 0. The second-order valence-corrected chi connectivity index (χ2v) is 3.52. The van der Waals surface area contributed by atoms with Crippen molar-refractivity contribution in [2.75, 3.05) is 19.6 Å². The average molecular weight is 172 g/mol. The van der Waals surface area contributed by atoms with Gasteiger partial charge in [0.15, 0.2) is 0 Å². The van der Waals surface area contributed by atoms with E-state index >= 15 is 0 Å². The largest absolute Gasteiger partial charge is 0.294 e. The van der Waals surface area contributed by atoms with Crippen LogP contribution in [-0.2, 0) is 4.79 Å². The molecule has 0 bridgehead atoms. The van der Waals surface area contributed by atoms with Gasteiger partial charge in [-0.1, -0.05) is 6.92 Å². The molecule has 4 heteroatoms. The Kier molecular flexibility index (Phi) is 3.49. The summed E-state index contributed by atoms with van der Waals surface area (Å²) in [5.41, 5.74) is 1.65. The normalized spacial score (nSPS) is 25.3. The lowest BCUT2D eigenvalue weighted by molar-refractivity contribution is -0.130. The molecule has 0 aromatic heterocycles. The Balaban J connectivity index is 2.27. The van der Waals surface area contributed by atoms with Crippen molar-refractivity contribution in [3.8, 4) is 0 Å². The minimum Gasteiger partial charge on any atom is -0.294 e. The summed E-state index contributed by atoms with van der Waals surface area (Å²) in [6.45, 7) is 4.44. The van der Waals surface area contributed by atoms with Crippen LogP contribution in [0.4, 0.5) is 0 Å². The number of nitrogens with zero attached hydrogens (tertiary/aromatic N) is 1. The van der Waals surface area contributed by atoms with E-state index in [2.05, 4.69) is 11.8 Å². The second kappa shape index (κ2) is 4.42. The van der Waals surface area contributed by atoms with Gasteiger partial charge in [-0.15, -0.1) is 0 Å². The van der Waals surface area contributed by atoms with Gasteiger partial charge in [0.1, 0.15) is 0 Å². The number of carbonyl (C=O) groups excluding carboxylic acids is 1. The lowest BCUT2D eigenvalue weighted by Crippen LogP contribution is -2.41. The van der Waals surface area contributed by atoms with Gasteiger partial charge in [-0.05, 0) is 25.3 Å². The highest BCUT2D eigenvalue weighted by Crippen LogP contribution is 2.14. The monoisotopic (exact) mass is 172 g/mol. The van der Waals surface area contributed by atoms with Crippen LogP contribution in [0.5, 0.6) is 0 Å². The summed E-state index contributed by atoms with van der Waals surface area (Å²) in [6.07, 6.45) is 2.40. The van der Waals surface area contributed by atoms with Gasteiger partial charge >= 0.3 is 0 Å². The smallest absolute Gasteiger partial charge is 0.257 e. The fraction of sp³-hybridized carbons (Fsp3) is 0.875. The summed E-state index contributed by atoms with van der Waals surface area (Å²) < 4.78 is 0. The Labute approximate surface area is 72.5 Å². The molecule has 1 aliphatic heterocycles. The van der Waals surface area contributed by atoms with Crippen molar-refractivity contribution < 1.29 is 10.0 Å². The van der Waals surface area contributed by atoms with Crippen molar-refractivity contribution in [1.29, 1.82) is 0 Å². The predicted molar refractivity (Wildman–Crippen MR) is 44.8 cm³/mol. The number of rotatable bonds is 2. The van der Waals surface area contributed by atoms with Crippen molar-refractivity contribution in [2.24, 2.45) is 5.92 Å². The molecule has 0 saturated carbocycles. The molecule has 0 spiro atoms. The highest BCUT2D eigenvalue weighted by Gasteiger charge is 2.17. The molecule has 1 rings (SSSR count). The van der Waals surface area contributed by atoms with Crippen molar-refractivity contribution in [1.82, 2.24) is 10.4 Å². The van der Waals surface area contributed by atoms with E-state index in [1.165, 1.54) is 6.42 Å². The first-order valence-electron chi connectivity index (χ1n) is 4.37. The van der Waals surface area contributed by atoms with Crippen molar-refractivity contribution in [3.05, 3.63) is 0 Å². The molecular weight excluding hydrogens is 156 g/mol. The molecule has 0 aromatic carbocycles. The Hall–Kier alpha value is -0.610. The summed E-state index contributed by atoms with van der Waals surface area (Å²) in [7, 11) is 0. The highest BCUT2D eigenvalue weighted by atomic mass is 16.5. The molecule has 0 aromatic rings. The summed E-state index contributed by atoms with van der Waals surface area (Å²) in [4.78, 5) is 12.9. The number of piperidine rings is 1. The quantitative estimate of drug-likeness (QED) is 0.463. The van der Waals surface area contributed by atoms with Crippen LogP contribution in [0.2, 0.25) is 0 Å². The van der Waals surface area contributed by atoms with Crippen molar-refractivity contribution in [3.63, 3.8) is 0 Å². The Morgan fingerprint density at radius 1 is 1.75 bits per heavy atom. The zero-order chi connectivity index (χ0) is 8.97.